The molecule has 6 nitrogen and oxygen atoms in total. The van der Waals surface area contributed by atoms with Crippen molar-refractivity contribution in [3.8, 4) is 11.5 Å². The molecule has 2 aromatic rings. The van der Waals surface area contributed by atoms with Gasteiger partial charge in [-0.3, -0.25) is 4.79 Å². The average Bonchev–Trinajstić information content (AvgIpc) is 2.82. The molecule has 0 spiro atoms. The van der Waals surface area contributed by atoms with Crippen molar-refractivity contribution in [2.45, 2.75) is 24.8 Å². The van der Waals surface area contributed by atoms with Gasteiger partial charge in [-0.05, 0) is 18.2 Å². The molecule has 1 heterocycles. The highest BCUT2D eigenvalue weighted by molar-refractivity contribution is 7.80. The number of hydrogen-bond acceptors (Lipinski definition) is 5. The van der Waals surface area contributed by atoms with Gasteiger partial charge >= 0.3 is 12.1 Å². The summed E-state index contributed by atoms with van der Waals surface area (Å²) < 4.78 is 57.0. The van der Waals surface area contributed by atoms with Crippen LogP contribution in [0.5, 0.6) is 11.5 Å². The number of nitrogens with one attached hydrogen (secondary N) is 1. The van der Waals surface area contributed by atoms with E-state index in [2.05, 4.69) is 5.32 Å². The van der Waals surface area contributed by atoms with Crippen molar-refractivity contribution in [3.05, 3.63) is 52.0 Å². The number of halogens is 4. The van der Waals surface area contributed by atoms with Gasteiger partial charge < -0.3 is 24.6 Å². The molecule has 0 fully saturated rings. The molecule has 0 aromatic heterocycles. The maximum absolute atomic E-state index is 13.4. The van der Waals surface area contributed by atoms with Crippen molar-refractivity contribution >= 4 is 40.5 Å². The number of carboxylic acids is 1. The summed E-state index contributed by atoms with van der Waals surface area (Å²) in [5, 5.41) is 11.4. The monoisotopic (exact) mass is 475 g/mol. The van der Waals surface area contributed by atoms with Crippen LogP contribution in [0.15, 0.2) is 30.3 Å². The number of hydrogen-bond donors (Lipinski definition) is 2. The number of methoxy groups -OCH3 is 2. The van der Waals surface area contributed by atoms with Crippen LogP contribution in [0.1, 0.15) is 29.2 Å². The van der Waals surface area contributed by atoms with E-state index in [0.717, 1.165) is 12.1 Å². The minimum Gasteiger partial charge on any atom is -0.493 e. The first-order valence-electron chi connectivity index (χ1n) is 8.86. The SMILES string of the molecule is COc1cccc([C@H]2O[C@H](CC(=O)O)C(=S)Nc3cc(C(F)(F)F)c(Cl)cc32)c1OC. The Kier molecular flexibility index (Phi) is 6.63. The molecular weight excluding hydrogens is 459 g/mol. The van der Waals surface area contributed by atoms with Gasteiger partial charge in [0.15, 0.2) is 11.5 Å². The molecule has 0 radical (unpaired) electrons. The number of benzene rings is 2. The predicted molar refractivity (Wildman–Crippen MR) is 111 cm³/mol. The van der Waals surface area contributed by atoms with Crippen LogP contribution >= 0.6 is 23.8 Å². The molecule has 0 aliphatic carbocycles. The fourth-order valence-electron chi connectivity index (χ4n) is 3.30. The first-order valence-corrected chi connectivity index (χ1v) is 9.65. The number of aliphatic carboxylic acids is 1. The summed E-state index contributed by atoms with van der Waals surface area (Å²) in [6, 6.07) is 6.87. The van der Waals surface area contributed by atoms with Crippen LogP contribution in [-0.2, 0) is 15.7 Å². The van der Waals surface area contributed by atoms with E-state index < -0.39 is 41.4 Å². The van der Waals surface area contributed by atoms with Crippen LogP contribution in [0.2, 0.25) is 5.02 Å². The van der Waals surface area contributed by atoms with E-state index in [4.69, 9.17) is 38.0 Å². The summed E-state index contributed by atoms with van der Waals surface area (Å²) in [6.07, 6.45) is -7.36. The first-order chi connectivity index (χ1) is 14.6. The minimum absolute atomic E-state index is 0.00415. The normalized spacial score (nSPS) is 18.6. The third-order valence-corrected chi connectivity index (χ3v) is 5.33. The molecule has 2 N–H and O–H groups in total. The van der Waals surface area contributed by atoms with Gasteiger partial charge in [0.2, 0.25) is 0 Å². The lowest BCUT2D eigenvalue weighted by Gasteiger charge is -2.24. The topological polar surface area (TPSA) is 77.0 Å². The van der Waals surface area contributed by atoms with Gasteiger partial charge in [-0.15, -0.1) is 0 Å². The Morgan fingerprint density at radius 3 is 2.55 bits per heavy atom. The zero-order valence-corrected chi connectivity index (χ0v) is 17.8. The number of ether oxygens (including phenoxy) is 3. The molecule has 2 atom stereocenters. The molecule has 0 saturated carbocycles. The van der Waals surface area contributed by atoms with Gasteiger partial charge in [0.05, 0.1) is 31.2 Å². The van der Waals surface area contributed by atoms with Crippen molar-refractivity contribution < 1.29 is 37.3 Å². The Morgan fingerprint density at radius 1 is 1.26 bits per heavy atom. The van der Waals surface area contributed by atoms with E-state index in [1.54, 1.807) is 18.2 Å². The maximum atomic E-state index is 13.4. The smallest absolute Gasteiger partial charge is 0.417 e. The minimum atomic E-state index is -4.70. The summed E-state index contributed by atoms with van der Waals surface area (Å²) in [6.45, 7) is 0. The Balaban J connectivity index is 2.25. The highest BCUT2D eigenvalue weighted by Crippen LogP contribution is 2.46. The van der Waals surface area contributed by atoms with E-state index >= 15 is 0 Å². The Morgan fingerprint density at radius 2 is 1.97 bits per heavy atom. The summed E-state index contributed by atoms with van der Waals surface area (Å²) in [5.74, 6) is -0.554. The van der Waals surface area contributed by atoms with Crippen LogP contribution in [0, 0.1) is 0 Å². The summed E-state index contributed by atoms with van der Waals surface area (Å²) in [4.78, 5) is 11.3. The summed E-state index contributed by atoms with van der Waals surface area (Å²) >= 11 is 11.2. The van der Waals surface area contributed by atoms with E-state index in [-0.39, 0.29) is 22.0 Å². The fourth-order valence-corrected chi connectivity index (χ4v) is 3.83. The molecule has 166 valence electrons. The number of alkyl halides is 3. The molecule has 2 aromatic carbocycles. The van der Waals surface area contributed by atoms with Gasteiger partial charge in [-0.25, -0.2) is 0 Å². The average molecular weight is 476 g/mol. The second-order valence-corrected chi connectivity index (χ2v) is 7.44. The van der Waals surface area contributed by atoms with Crippen LogP contribution in [0.25, 0.3) is 0 Å². The number of fused-ring (bicyclic) bond motifs is 1. The van der Waals surface area contributed by atoms with E-state index in [0.29, 0.717) is 11.3 Å². The summed E-state index contributed by atoms with van der Waals surface area (Å²) in [7, 11) is 2.83. The van der Waals surface area contributed by atoms with Gasteiger partial charge in [0.1, 0.15) is 17.2 Å². The number of carbonyl (C=O) groups is 1. The number of para-hydroxylation sites is 1. The zero-order chi connectivity index (χ0) is 22.9. The summed E-state index contributed by atoms with van der Waals surface area (Å²) in [5.41, 5.74) is -0.415. The van der Waals surface area contributed by atoms with Crippen molar-refractivity contribution in [1.29, 1.82) is 0 Å². The largest absolute Gasteiger partial charge is 0.493 e. The molecule has 1 aliphatic rings. The second kappa shape index (κ2) is 8.89. The number of rotatable bonds is 5. The zero-order valence-electron chi connectivity index (χ0n) is 16.2. The van der Waals surface area contributed by atoms with Crippen LogP contribution in [0.3, 0.4) is 0 Å². The van der Waals surface area contributed by atoms with Crippen molar-refractivity contribution in [2.75, 3.05) is 19.5 Å². The third kappa shape index (κ3) is 4.70. The van der Waals surface area contributed by atoms with Crippen LogP contribution in [-0.4, -0.2) is 36.4 Å². The second-order valence-electron chi connectivity index (χ2n) is 6.59. The Labute approximate surface area is 185 Å². The first kappa shape index (κ1) is 23.1. The van der Waals surface area contributed by atoms with Crippen molar-refractivity contribution in [2.24, 2.45) is 0 Å². The lowest BCUT2D eigenvalue weighted by Crippen LogP contribution is -2.30. The molecule has 1 aliphatic heterocycles. The van der Waals surface area contributed by atoms with Crippen molar-refractivity contribution in [1.82, 2.24) is 0 Å². The molecule has 0 saturated heterocycles. The maximum Gasteiger partial charge on any atom is 0.417 e. The van der Waals surface area contributed by atoms with Gasteiger partial charge in [-0.2, -0.15) is 13.2 Å². The third-order valence-electron chi connectivity index (χ3n) is 4.65. The lowest BCUT2D eigenvalue weighted by molar-refractivity contribution is -0.140. The molecule has 31 heavy (non-hydrogen) atoms. The molecule has 3 rings (SSSR count). The van der Waals surface area contributed by atoms with E-state index in [1.807, 2.05) is 0 Å². The lowest BCUT2D eigenvalue weighted by atomic mass is 9.96. The number of thiocarbonyl (C=S) groups is 1. The Bertz CT molecular complexity index is 1030. The Hall–Kier alpha value is -2.56. The molecular formula is C20H17ClF3NO5S. The van der Waals surface area contributed by atoms with Gasteiger partial charge in [0.25, 0.3) is 0 Å². The van der Waals surface area contributed by atoms with Crippen LogP contribution in [0.4, 0.5) is 18.9 Å². The molecule has 0 amide bonds. The van der Waals surface area contributed by atoms with E-state index in [1.165, 1.54) is 14.2 Å². The standard InChI is InChI=1S/C20H17ClF3NO5S/c1-28-14-5-3-4-9(18(14)29-2)17-10-6-12(21)11(20(22,23)24)7-13(10)25-19(31)15(30-17)8-16(26)27/h3-7,15,17H,8H2,1-2H3,(H,25,31)(H,26,27)/t15-,17-/m1/s1. The highest BCUT2D eigenvalue weighted by Gasteiger charge is 2.38. The molecule has 0 bridgehead atoms. The molecule has 11 heteroatoms. The quantitative estimate of drug-likeness (QED) is 0.584. The highest BCUT2D eigenvalue weighted by atomic mass is 35.5. The van der Waals surface area contributed by atoms with Crippen molar-refractivity contribution in [3.63, 3.8) is 0 Å². The fraction of sp³-hybridized carbons (Fsp3) is 0.300. The van der Waals surface area contributed by atoms with Gasteiger partial charge in [-0.1, -0.05) is 36.0 Å². The number of anilines is 1. The van der Waals surface area contributed by atoms with E-state index in [9.17, 15) is 23.1 Å². The number of carboxylic acid groups (broad SMARTS) is 1. The van der Waals surface area contributed by atoms with Gasteiger partial charge in [0, 0.05) is 16.8 Å². The predicted octanol–water partition coefficient (Wildman–Crippen LogP) is 5.08. The van der Waals surface area contributed by atoms with Crippen LogP contribution < -0.4 is 14.8 Å². The molecule has 0 unspecified atom stereocenters.